The molecule has 0 radical (unpaired) electrons. The van der Waals surface area contributed by atoms with Crippen molar-refractivity contribution in [2.75, 3.05) is 37.7 Å². The fourth-order valence-electron chi connectivity index (χ4n) is 4.60. The first kappa shape index (κ1) is 24.6. The molecule has 0 unspecified atom stereocenters. The molecule has 1 aliphatic rings. The van der Waals surface area contributed by atoms with Gasteiger partial charge in [0.05, 0.1) is 6.54 Å². The standard InChI is InChI=1S/C26H37N5O2/c1-16-18(3)25(19(4)17(2)24(16)27)29-14-23(32)30(5)22-10-12-31(13-11-22)15-20-6-8-21(9-7-20)26(28)33/h6-9,22,29H,10-15,27H2,1-5H3,(H2,28,33). The van der Waals surface area contributed by atoms with Crippen molar-refractivity contribution >= 4 is 23.2 Å². The van der Waals surface area contributed by atoms with Gasteiger partial charge in [0, 0.05) is 49.7 Å². The molecule has 0 saturated carbocycles. The molecule has 0 bridgehead atoms. The van der Waals surface area contributed by atoms with Crippen LogP contribution < -0.4 is 16.8 Å². The molecule has 1 saturated heterocycles. The maximum Gasteiger partial charge on any atom is 0.248 e. The summed E-state index contributed by atoms with van der Waals surface area (Å²) in [4.78, 5) is 28.4. The summed E-state index contributed by atoms with van der Waals surface area (Å²) in [6.45, 7) is 11.1. The molecule has 0 spiro atoms. The topological polar surface area (TPSA) is 105 Å². The fraction of sp³-hybridized carbons (Fsp3) is 0.462. The lowest BCUT2D eigenvalue weighted by Gasteiger charge is -2.37. The zero-order chi connectivity index (χ0) is 24.3. The highest BCUT2D eigenvalue weighted by atomic mass is 16.2. The van der Waals surface area contributed by atoms with E-state index in [1.165, 1.54) is 0 Å². The molecule has 3 rings (SSSR count). The number of carbonyl (C=O) groups excluding carboxylic acids is 2. The molecule has 2 aromatic carbocycles. The summed E-state index contributed by atoms with van der Waals surface area (Å²) in [6.07, 6.45) is 1.89. The van der Waals surface area contributed by atoms with Gasteiger partial charge in [0.25, 0.3) is 0 Å². The van der Waals surface area contributed by atoms with Crippen molar-refractivity contribution in [3.8, 4) is 0 Å². The second-order valence-electron chi connectivity index (χ2n) is 9.22. The Labute approximate surface area is 197 Å². The molecule has 1 fully saturated rings. The number of primary amides is 1. The number of anilines is 2. The SMILES string of the molecule is Cc1c(C)c(NCC(=O)N(C)C2CCN(Cc3ccc(C(N)=O)cc3)CC2)c(C)c(C)c1N. The van der Waals surface area contributed by atoms with E-state index in [2.05, 4.69) is 10.2 Å². The van der Waals surface area contributed by atoms with Gasteiger partial charge in [-0.3, -0.25) is 14.5 Å². The monoisotopic (exact) mass is 451 g/mol. The summed E-state index contributed by atoms with van der Waals surface area (Å²) >= 11 is 0. The predicted molar refractivity (Wildman–Crippen MR) is 134 cm³/mol. The lowest BCUT2D eigenvalue weighted by atomic mass is 9.96. The van der Waals surface area contributed by atoms with Crippen LogP contribution >= 0.6 is 0 Å². The molecule has 7 nitrogen and oxygen atoms in total. The first-order chi connectivity index (χ1) is 15.6. The quantitative estimate of drug-likeness (QED) is 0.561. The Hall–Kier alpha value is -3.06. The molecule has 0 aromatic heterocycles. The largest absolute Gasteiger partial charge is 0.398 e. The van der Waals surface area contributed by atoms with E-state index in [0.29, 0.717) is 5.56 Å². The zero-order valence-electron chi connectivity index (χ0n) is 20.5. The van der Waals surface area contributed by atoms with Crippen LogP contribution in [0.15, 0.2) is 24.3 Å². The van der Waals surface area contributed by atoms with Crippen LogP contribution in [-0.4, -0.2) is 54.3 Å². The normalized spacial score (nSPS) is 14.8. The molecule has 5 N–H and O–H groups in total. The Morgan fingerprint density at radius 2 is 1.55 bits per heavy atom. The van der Waals surface area contributed by atoms with Gasteiger partial charge < -0.3 is 21.7 Å². The lowest BCUT2D eigenvalue weighted by Crippen LogP contribution is -2.46. The summed E-state index contributed by atoms with van der Waals surface area (Å²) in [5.74, 6) is -0.307. The number of likely N-dealkylation sites (tertiary alicyclic amines) is 1. The number of benzene rings is 2. The van der Waals surface area contributed by atoms with Crippen LogP contribution in [0.25, 0.3) is 0 Å². The number of hydrogen-bond donors (Lipinski definition) is 3. The molecule has 0 aliphatic carbocycles. The predicted octanol–water partition coefficient (Wildman–Crippen LogP) is 3.14. The van der Waals surface area contributed by atoms with Crippen molar-refractivity contribution < 1.29 is 9.59 Å². The minimum Gasteiger partial charge on any atom is -0.398 e. The Bertz CT molecular complexity index is 995. The third-order valence-electron chi connectivity index (χ3n) is 7.24. The number of nitrogens with two attached hydrogens (primary N) is 2. The molecule has 7 heteroatoms. The summed E-state index contributed by atoms with van der Waals surface area (Å²) in [5, 5.41) is 3.37. The van der Waals surface area contributed by atoms with Crippen molar-refractivity contribution in [1.29, 1.82) is 0 Å². The van der Waals surface area contributed by atoms with E-state index in [-0.39, 0.29) is 18.5 Å². The van der Waals surface area contributed by atoms with Crippen LogP contribution in [-0.2, 0) is 11.3 Å². The van der Waals surface area contributed by atoms with E-state index in [9.17, 15) is 9.59 Å². The first-order valence-corrected chi connectivity index (χ1v) is 11.6. The Morgan fingerprint density at radius 1 is 1.00 bits per heavy atom. The van der Waals surface area contributed by atoms with Crippen molar-refractivity contribution in [1.82, 2.24) is 9.80 Å². The number of rotatable bonds is 7. The number of nitrogens with one attached hydrogen (secondary N) is 1. The number of nitrogens with zero attached hydrogens (tertiary/aromatic N) is 2. The number of piperidine rings is 1. The van der Waals surface area contributed by atoms with Crippen LogP contribution in [0.1, 0.15) is 51.0 Å². The number of likely N-dealkylation sites (N-methyl/N-ethyl adjacent to an activating group) is 1. The van der Waals surface area contributed by atoms with Gasteiger partial charge in [-0.2, -0.15) is 0 Å². The average Bonchev–Trinajstić information content (AvgIpc) is 2.81. The number of carbonyl (C=O) groups is 2. The smallest absolute Gasteiger partial charge is 0.248 e. The Kier molecular flexibility index (Phi) is 7.64. The van der Waals surface area contributed by atoms with Crippen LogP contribution in [0.5, 0.6) is 0 Å². The number of nitrogen functional groups attached to an aromatic ring is 1. The first-order valence-electron chi connectivity index (χ1n) is 11.6. The van der Waals surface area contributed by atoms with Gasteiger partial charge in [-0.15, -0.1) is 0 Å². The third-order valence-corrected chi connectivity index (χ3v) is 7.24. The van der Waals surface area contributed by atoms with E-state index < -0.39 is 5.91 Å². The van der Waals surface area contributed by atoms with Crippen LogP contribution in [0.4, 0.5) is 11.4 Å². The molecule has 178 valence electrons. The highest BCUT2D eigenvalue weighted by molar-refractivity contribution is 5.92. The Morgan fingerprint density at radius 3 is 2.06 bits per heavy atom. The summed E-state index contributed by atoms with van der Waals surface area (Å²) in [5.41, 5.74) is 19.4. The summed E-state index contributed by atoms with van der Waals surface area (Å²) in [7, 11) is 1.91. The molecule has 1 aliphatic heterocycles. The molecule has 1 heterocycles. The zero-order valence-corrected chi connectivity index (χ0v) is 20.5. The number of hydrogen-bond acceptors (Lipinski definition) is 5. The van der Waals surface area contributed by atoms with Gasteiger partial charge in [-0.1, -0.05) is 12.1 Å². The van der Waals surface area contributed by atoms with Gasteiger partial charge >= 0.3 is 0 Å². The second kappa shape index (κ2) is 10.3. The number of amides is 2. The van der Waals surface area contributed by atoms with Crippen LogP contribution in [0, 0.1) is 27.7 Å². The van der Waals surface area contributed by atoms with Crippen molar-refractivity contribution in [2.45, 2.75) is 53.1 Å². The minimum atomic E-state index is -0.406. The van der Waals surface area contributed by atoms with E-state index in [4.69, 9.17) is 11.5 Å². The fourth-order valence-corrected chi connectivity index (χ4v) is 4.60. The molecule has 2 aromatic rings. The van der Waals surface area contributed by atoms with Gasteiger partial charge in [-0.05, 0) is 80.5 Å². The van der Waals surface area contributed by atoms with E-state index in [1.54, 1.807) is 12.1 Å². The third kappa shape index (κ3) is 5.47. The van der Waals surface area contributed by atoms with E-state index in [1.807, 2.05) is 51.8 Å². The van der Waals surface area contributed by atoms with Gasteiger partial charge in [0.1, 0.15) is 0 Å². The summed E-state index contributed by atoms with van der Waals surface area (Å²) in [6, 6.07) is 7.70. The molecule has 33 heavy (non-hydrogen) atoms. The Balaban J connectivity index is 1.52. The molecular weight excluding hydrogens is 414 g/mol. The van der Waals surface area contributed by atoms with E-state index >= 15 is 0 Å². The van der Waals surface area contributed by atoms with Crippen molar-refractivity contribution in [3.05, 3.63) is 57.6 Å². The van der Waals surface area contributed by atoms with E-state index in [0.717, 1.165) is 71.7 Å². The van der Waals surface area contributed by atoms with Gasteiger partial charge in [0.15, 0.2) is 0 Å². The highest BCUT2D eigenvalue weighted by Crippen LogP contribution is 2.32. The maximum atomic E-state index is 12.9. The molecular formula is C26H37N5O2. The minimum absolute atomic E-state index is 0.0985. The lowest BCUT2D eigenvalue weighted by molar-refractivity contribution is -0.130. The highest BCUT2D eigenvalue weighted by Gasteiger charge is 2.25. The van der Waals surface area contributed by atoms with Gasteiger partial charge in [0.2, 0.25) is 11.8 Å². The second-order valence-corrected chi connectivity index (χ2v) is 9.22. The van der Waals surface area contributed by atoms with Gasteiger partial charge in [-0.25, -0.2) is 0 Å². The van der Waals surface area contributed by atoms with Crippen molar-refractivity contribution in [3.63, 3.8) is 0 Å². The molecule has 2 amide bonds. The van der Waals surface area contributed by atoms with Crippen LogP contribution in [0.2, 0.25) is 0 Å². The molecule has 0 atom stereocenters. The van der Waals surface area contributed by atoms with Crippen molar-refractivity contribution in [2.24, 2.45) is 5.73 Å². The average molecular weight is 452 g/mol. The van der Waals surface area contributed by atoms with Crippen LogP contribution in [0.3, 0.4) is 0 Å². The summed E-state index contributed by atoms with van der Waals surface area (Å²) < 4.78 is 0. The maximum absolute atomic E-state index is 12.9.